The Morgan fingerprint density at radius 1 is 1.06 bits per heavy atom. The van der Waals surface area contributed by atoms with Crippen molar-refractivity contribution < 1.29 is 18.0 Å². The van der Waals surface area contributed by atoms with Crippen LogP contribution in [-0.2, 0) is 14.8 Å². The largest absolute Gasteiger partial charge is 0.349 e. The number of thiazole rings is 1. The van der Waals surface area contributed by atoms with E-state index in [2.05, 4.69) is 15.6 Å². The average Bonchev–Trinajstić information content (AvgIpc) is 3.30. The second-order valence-corrected chi connectivity index (χ2v) is 11.4. The highest BCUT2D eigenvalue weighted by molar-refractivity contribution is 7.89. The third-order valence-corrected chi connectivity index (χ3v) is 8.63. The first-order valence-corrected chi connectivity index (χ1v) is 13.4. The fourth-order valence-electron chi connectivity index (χ4n) is 3.76. The van der Waals surface area contributed by atoms with Gasteiger partial charge in [0.05, 0.1) is 15.1 Å². The van der Waals surface area contributed by atoms with Gasteiger partial charge in [-0.2, -0.15) is 4.31 Å². The van der Waals surface area contributed by atoms with Gasteiger partial charge >= 0.3 is 0 Å². The third kappa shape index (κ3) is 5.03. The smallest absolute Gasteiger partial charge is 0.251 e. The highest BCUT2D eigenvalue weighted by Gasteiger charge is 2.27. The molecule has 1 aromatic heterocycles. The summed E-state index contributed by atoms with van der Waals surface area (Å²) in [5.41, 5.74) is 2.01. The van der Waals surface area contributed by atoms with E-state index in [1.165, 1.54) is 21.7 Å². The molecule has 1 saturated heterocycles. The van der Waals surface area contributed by atoms with E-state index in [0.717, 1.165) is 31.2 Å². The van der Waals surface area contributed by atoms with Crippen molar-refractivity contribution in [2.75, 3.05) is 18.4 Å². The lowest BCUT2D eigenvalue weighted by Gasteiger charge is -2.15. The molecule has 5 rings (SSSR count). The lowest BCUT2D eigenvalue weighted by molar-refractivity contribution is -0.111. The van der Waals surface area contributed by atoms with Crippen LogP contribution < -0.4 is 10.6 Å². The first-order chi connectivity index (χ1) is 16.4. The van der Waals surface area contributed by atoms with Gasteiger partial charge in [-0.15, -0.1) is 0 Å². The first-order valence-electron chi connectivity index (χ1n) is 11.2. The summed E-state index contributed by atoms with van der Waals surface area (Å²) in [6.45, 7) is 1.10. The van der Waals surface area contributed by atoms with Gasteiger partial charge in [-0.1, -0.05) is 23.5 Å². The molecule has 0 spiro atoms. The number of aromatic nitrogens is 1. The molecule has 2 aliphatic rings. The zero-order valence-electron chi connectivity index (χ0n) is 18.4. The molecule has 2 amide bonds. The number of amides is 2. The van der Waals surface area contributed by atoms with Crippen molar-refractivity contribution in [3.8, 4) is 0 Å². The minimum atomic E-state index is -3.51. The molecule has 1 aliphatic carbocycles. The van der Waals surface area contributed by atoms with Crippen molar-refractivity contribution in [1.29, 1.82) is 0 Å². The number of rotatable bonds is 7. The zero-order chi connectivity index (χ0) is 23.7. The number of nitrogens with one attached hydrogen (secondary N) is 2. The number of hydrogen-bond donors (Lipinski definition) is 2. The van der Waals surface area contributed by atoms with Crippen molar-refractivity contribution in [3.63, 3.8) is 0 Å². The van der Waals surface area contributed by atoms with E-state index in [1.54, 1.807) is 48.5 Å². The SMILES string of the molecule is O=C(/C=C/c1ccc(C(=O)NC2CC2)cc1)Nc1nc2ccc(S(=O)(=O)N3CCCC3)cc2s1. The van der Waals surface area contributed by atoms with Gasteiger partial charge < -0.3 is 5.32 Å². The van der Waals surface area contributed by atoms with Crippen LogP contribution >= 0.6 is 11.3 Å². The van der Waals surface area contributed by atoms with Gasteiger partial charge in [-0.05, 0) is 67.7 Å². The number of nitrogens with zero attached hydrogens (tertiary/aromatic N) is 2. The summed E-state index contributed by atoms with van der Waals surface area (Å²) in [4.78, 5) is 29.1. The van der Waals surface area contributed by atoms with Crippen molar-refractivity contribution in [2.24, 2.45) is 0 Å². The molecular weight excluding hydrogens is 472 g/mol. The van der Waals surface area contributed by atoms with Crippen molar-refractivity contribution in [3.05, 3.63) is 59.7 Å². The molecule has 3 aromatic rings. The van der Waals surface area contributed by atoms with Crippen LogP contribution in [-0.4, -0.2) is 48.7 Å². The van der Waals surface area contributed by atoms with E-state index < -0.39 is 10.0 Å². The molecule has 0 unspecified atom stereocenters. The predicted molar refractivity (Wildman–Crippen MR) is 132 cm³/mol. The van der Waals surface area contributed by atoms with Crippen molar-refractivity contribution in [2.45, 2.75) is 36.6 Å². The summed E-state index contributed by atoms with van der Waals surface area (Å²) >= 11 is 1.23. The van der Waals surface area contributed by atoms with Crippen molar-refractivity contribution in [1.82, 2.24) is 14.6 Å². The summed E-state index contributed by atoms with van der Waals surface area (Å²) < 4.78 is 27.8. The Morgan fingerprint density at radius 2 is 1.79 bits per heavy atom. The zero-order valence-corrected chi connectivity index (χ0v) is 20.0. The Bertz CT molecular complexity index is 1370. The predicted octanol–water partition coefficient (Wildman–Crippen LogP) is 3.62. The summed E-state index contributed by atoms with van der Waals surface area (Å²) in [5, 5.41) is 6.07. The molecule has 0 atom stereocenters. The lowest BCUT2D eigenvalue weighted by atomic mass is 10.1. The average molecular weight is 497 g/mol. The fraction of sp³-hybridized carbons (Fsp3) is 0.292. The second-order valence-electron chi connectivity index (χ2n) is 8.45. The van der Waals surface area contributed by atoms with Gasteiger partial charge in [0, 0.05) is 30.8 Å². The van der Waals surface area contributed by atoms with Crippen LogP contribution in [0.4, 0.5) is 5.13 Å². The first kappa shape index (κ1) is 22.7. The third-order valence-electron chi connectivity index (χ3n) is 5.81. The molecule has 2 heterocycles. The van der Waals surface area contributed by atoms with Crippen LogP contribution in [0.2, 0.25) is 0 Å². The van der Waals surface area contributed by atoms with E-state index in [9.17, 15) is 18.0 Å². The lowest BCUT2D eigenvalue weighted by Crippen LogP contribution is -2.27. The molecule has 176 valence electrons. The second kappa shape index (κ2) is 9.28. The Morgan fingerprint density at radius 3 is 2.50 bits per heavy atom. The summed E-state index contributed by atoms with van der Waals surface area (Å²) in [5.74, 6) is -0.428. The number of fused-ring (bicyclic) bond motifs is 1. The molecule has 0 radical (unpaired) electrons. The van der Waals surface area contributed by atoms with Crippen LogP contribution in [0.3, 0.4) is 0 Å². The topological polar surface area (TPSA) is 108 Å². The van der Waals surface area contributed by atoms with Crippen molar-refractivity contribution >= 4 is 54.6 Å². The van der Waals surface area contributed by atoms with Gasteiger partial charge in [-0.25, -0.2) is 13.4 Å². The van der Waals surface area contributed by atoms with E-state index in [1.807, 2.05) is 0 Å². The van der Waals surface area contributed by atoms with Crippen LogP contribution in [0.15, 0.2) is 53.4 Å². The maximum Gasteiger partial charge on any atom is 0.251 e. The molecule has 34 heavy (non-hydrogen) atoms. The molecule has 1 aliphatic heterocycles. The molecular formula is C24H24N4O4S2. The van der Waals surface area contributed by atoms with E-state index in [-0.39, 0.29) is 16.7 Å². The monoisotopic (exact) mass is 496 g/mol. The van der Waals surface area contributed by atoms with Crippen LogP contribution in [0.25, 0.3) is 16.3 Å². The highest BCUT2D eigenvalue weighted by Crippen LogP contribution is 2.30. The van der Waals surface area contributed by atoms with Gasteiger partial charge in [0.15, 0.2) is 5.13 Å². The summed E-state index contributed by atoms with van der Waals surface area (Å²) in [7, 11) is -3.51. The molecule has 8 nitrogen and oxygen atoms in total. The van der Waals surface area contributed by atoms with Crippen LogP contribution in [0.1, 0.15) is 41.6 Å². The number of anilines is 1. The van der Waals surface area contributed by atoms with Gasteiger partial charge in [0.1, 0.15) is 0 Å². The van der Waals surface area contributed by atoms with Crippen LogP contribution in [0, 0.1) is 0 Å². The fourth-order valence-corrected chi connectivity index (χ4v) is 6.28. The Kier molecular flexibility index (Phi) is 6.20. The number of hydrogen-bond acceptors (Lipinski definition) is 6. The molecule has 2 fully saturated rings. The standard InChI is InChI=1S/C24H24N4O4S2/c29-22(12-5-16-3-6-17(7-4-16)23(30)25-18-8-9-18)27-24-26-20-11-10-19(15-21(20)33-24)34(31,32)28-13-1-2-14-28/h3-7,10-12,15,18H,1-2,8-9,13-14H2,(H,25,30)(H,26,27,29)/b12-5+. The normalized spacial score (nSPS) is 16.8. The number of carbonyl (C=O) groups is 2. The summed E-state index contributed by atoms with van der Waals surface area (Å²) in [6, 6.07) is 12.2. The molecule has 1 saturated carbocycles. The van der Waals surface area contributed by atoms with Gasteiger partial charge in [-0.3, -0.25) is 14.9 Å². The van der Waals surface area contributed by atoms with Crippen LogP contribution in [0.5, 0.6) is 0 Å². The quantitative estimate of drug-likeness (QED) is 0.486. The highest BCUT2D eigenvalue weighted by atomic mass is 32.2. The maximum atomic E-state index is 12.8. The van der Waals surface area contributed by atoms with E-state index >= 15 is 0 Å². The number of carbonyl (C=O) groups excluding carboxylic acids is 2. The maximum absolute atomic E-state index is 12.8. The number of sulfonamides is 1. The minimum Gasteiger partial charge on any atom is -0.349 e. The summed E-state index contributed by atoms with van der Waals surface area (Å²) in [6.07, 6.45) is 6.89. The molecule has 10 heteroatoms. The Hall–Kier alpha value is -3.08. The molecule has 2 N–H and O–H groups in total. The number of benzene rings is 2. The van der Waals surface area contributed by atoms with E-state index in [4.69, 9.17) is 0 Å². The molecule has 2 aromatic carbocycles. The van der Waals surface area contributed by atoms with Gasteiger partial charge in [0.2, 0.25) is 15.9 Å². The Labute approximate surface area is 201 Å². The minimum absolute atomic E-state index is 0.0806. The molecule has 0 bridgehead atoms. The van der Waals surface area contributed by atoms with Gasteiger partial charge in [0.25, 0.3) is 5.91 Å². The Balaban J connectivity index is 1.23. The van der Waals surface area contributed by atoms with E-state index in [0.29, 0.717) is 40.0 Å².